The summed E-state index contributed by atoms with van der Waals surface area (Å²) in [6, 6.07) is 6.71. The van der Waals surface area contributed by atoms with Crippen molar-refractivity contribution in [3.05, 3.63) is 42.0 Å². The predicted octanol–water partition coefficient (Wildman–Crippen LogP) is 1.91. The number of sulfonamides is 1. The highest BCUT2D eigenvalue weighted by molar-refractivity contribution is 7.89. The van der Waals surface area contributed by atoms with Crippen LogP contribution in [0.5, 0.6) is 0 Å². The van der Waals surface area contributed by atoms with Crippen molar-refractivity contribution in [3.8, 4) is 0 Å². The topological polar surface area (TPSA) is 90.0 Å². The fraction of sp³-hybridized carbons (Fsp3) is 0.286. The standard InChI is InChI=1S/C14H16N4O3S/c1-9(14-16-11-6-4-5-7-12(11)21-14)17-22(19,20)13-8-15-18(3)10(13)2/h4-9,17H,1-3H3. The van der Waals surface area contributed by atoms with E-state index in [9.17, 15) is 8.42 Å². The Morgan fingerprint density at radius 2 is 2.05 bits per heavy atom. The molecule has 8 heteroatoms. The third-order valence-electron chi connectivity index (χ3n) is 3.49. The second kappa shape index (κ2) is 5.22. The van der Waals surface area contributed by atoms with Crippen LogP contribution in [0.2, 0.25) is 0 Å². The van der Waals surface area contributed by atoms with Gasteiger partial charge in [-0.25, -0.2) is 13.4 Å². The van der Waals surface area contributed by atoms with Crippen molar-refractivity contribution in [1.29, 1.82) is 0 Å². The van der Waals surface area contributed by atoms with E-state index in [-0.39, 0.29) is 4.90 Å². The molecule has 2 heterocycles. The van der Waals surface area contributed by atoms with Gasteiger partial charge in [-0.1, -0.05) is 12.1 Å². The molecular weight excluding hydrogens is 304 g/mol. The lowest BCUT2D eigenvalue weighted by Crippen LogP contribution is -2.27. The predicted molar refractivity (Wildman–Crippen MR) is 80.7 cm³/mol. The fourth-order valence-corrected chi connectivity index (χ4v) is 3.56. The number of aryl methyl sites for hydroxylation is 1. The second-order valence-electron chi connectivity index (χ2n) is 5.08. The summed E-state index contributed by atoms with van der Waals surface area (Å²) in [5, 5.41) is 3.96. The van der Waals surface area contributed by atoms with Gasteiger partial charge in [0.2, 0.25) is 15.9 Å². The number of oxazole rings is 1. The summed E-state index contributed by atoms with van der Waals surface area (Å²) in [5.41, 5.74) is 1.89. The van der Waals surface area contributed by atoms with Crippen LogP contribution in [-0.4, -0.2) is 23.2 Å². The van der Waals surface area contributed by atoms with Gasteiger partial charge in [-0.05, 0) is 26.0 Å². The van der Waals surface area contributed by atoms with Crippen LogP contribution in [0.25, 0.3) is 11.1 Å². The fourth-order valence-electron chi connectivity index (χ4n) is 2.16. The van der Waals surface area contributed by atoms with Gasteiger partial charge in [0.1, 0.15) is 10.4 Å². The summed E-state index contributed by atoms with van der Waals surface area (Å²) < 4.78 is 34.5. The van der Waals surface area contributed by atoms with Crippen LogP contribution in [0.3, 0.4) is 0 Å². The lowest BCUT2D eigenvalue weighted by Gasteiger charge is -2.10. The minimum Gasteiger partial charge on any atom is -0.439 e. The zero-order chi connectivity index (χ0) is 15.9. The monoisotopic (exact) mass is 320 g/mol. The van der Waals surface area contributed by atoms with Gasteiger partial charge < -0.3 is 4.42 Å². The zero-order valence-electron chi connectivity index (χ0n) is 12.4. The molecule has 0 saturated carbocycles. The first-order valence-electron chi connectivity index (χ1n) is 6.75. The largest absolute Gasteiger partial charge is 0.439 e. The van der Waals surface area contributed by atoms with Crippen molar-refractivity contribution >= 4 is 21.1 Å². The Balaban J connectivity index is 1.90. The van der Waals surface area contributed by atoms with Crippen LogP contribution in [0.15, 0.2) is 39.8 Å². The molecule has 1 N–H and O–H groups in total. The van der Waals surface area contributed by atoms with Crippen molar-refractivity contribution in [1.82, 2.24) is 19.5 Å². The smallest absolute Gasteiger partial charge is 0.244 e. The summed E-state index contributed by atoms with van der Waals surface area (Å²) in [7, 11) is -2.00. The first-order chi connectivity index (χ1) is 10.4. The van der Waals surface area contributed by atoms with Crippen molar-refractivity contribution in [2.45, 2.75) is 24.8 Å². The van der Waals surface area contributed by atoms with Gasteiger partial charge in [0.25, 0.3) is 0 Å². The van der Waals surface area contributed by atoms with E-state index < -0.39 is 16.1 Å². The minimum absolute atomic E-state index is 0.151. The van der Waals surface area contributed by atoms with Gasteiger partial charge in [0, 0.05) is 7.05 Å². The molecule has 0 aliphatic heterocycles. The van der Waals surface area contributed by atoms with Crippen molar-refractivity contribution in [2.75, 3.05) is 0 Å². The number of fused-ring (bicyclic) bond motifs is 1. The normalized spacial score (nSPS) is 13.6. The van der Waals surface area contributed by atoms with E-state index in [0.29, 0.717) is 22.7 Å². The Hall–Kier alpha value is -2.19. The minimum atomic E-state index is -3.69. The van der Waals surface area contributed by atoms with E-state index in [2.05, 4.69) is 14.8 Å². The molecular formula is C14H16N4O3S. The molecule has 1 atom stereocenters. The molecule has 22 heavy (non-hydrogen) atoms. The van der Waals surface area contributed by atoms with Gasteiger partial charge in [0.05, 0.1) is 17.9 Å². The van der Waals surface area contributed by atoms with Gasteiger partial charge in [-0.15, -0.1) is 0 Å². The average Bonchev–Trinajstić information content (AvgIpc) is 3.03. The Morgan fingerprint density at radius 1 is 1.32 bits per heavy atom. The van der Waals surface area contributed by atoms with Gasteiger partial charge in [-0.2, -0.15) is 9.82 Å². The number of rotatable bonds is 4. The van der Waals surface area contributed by atoms with Crippen molar-refractivity contribution < 1.29 is 12.8 Å². The van der Waals surface area contributed by atoms with E-state index in [1.807, 2.05) is 18.2 Å². The Morgan fingerprint density at radius 3 is 2.68 bits per heavy atom. The van der Waals surface area contributed by atoms with E-state index in [0.717, 1.165) is 0 Å². The zero-order valence-corrected chi connectivity index (χ0v) is 13.3. The van der Waals surface area contributed by atoms with E-state index >= 15 is 0 Å². The van der Waals surface area contributed by atoms with Crippen LogP contribution < -0.4 is 4.72 Å². The third kappa shape index (κ3) is 2.51. The molecule has 0 saturated heterocycles. The lowest BCUT2D eigenvalue weighted by atomic mass is 10.3. The number of hydrogen-bond donors (Lipinski definition) is 1. The Kier molecular flexibility index (Phi) is 3.50. The molecule has 3 aromatic rings. The summed E-state index contributed by atoms with van der Waals surface area (Å²) in [6.07, 6.45) is 1.33. The van der Waals surface area contributed by atoms with Gasteiger partial charge in [0.15, 0.2) is 5.58 Å². The van der Waals surface area contributed by atoms with Crippen LogP contribution in [0, 0.1) is 6.92 Å². The molecule has 1 aromatic carbocycles. The molecule has 0 spiro atoms. The Labute approximate surface area is 128 Å². The maximum Gasteiger partial charge on any atom is 0.244 e. The number of nitrogens with zero attached hydrogens (tertiary/aromatic N) is 3. The van der Waals surface area contributed by atoms with Gasteiger partial charge in [-0.3, -0.25) is 4.68 Å². The molecule has 0 bridgehead atoms. The van der Waals surface area contributed by atoms with Gasteiger partial charge >= 0.3 is 0 Å². The number of aromatic nitrogens is 3. The van der Waals surface area contributed by atoms with Crippen LogP contribution in [-0.2, 0) is 17.1 Å². The molecule has 3 rings (SSSR count). The SMILES string of the molecule is Cc1c(S(=O)(=O)NC(C)c2nc3ccccc3o2)cnn1C. The summed E-state index contributed by atoms with van der Waals surface area (Å²) in [5.74, 6) is 0.325. The summed E-state index contributed by atoms with van der Waals surface area (Å²) in [6.45, 7) is 3.39. The third-order valence-corrected chi connectivity index (χ3v) is 5.14. The lowest BCUT2D eigenvalue weighted by molar-refractivity contribution is 0.467. The van der Waals surface area contributed by atoms with E-state index in [1.165, 1.54) is 10.9 Å². The molecule has 2 aromatic heterocycles. The highest BCUT2D eigenvalue weighted by Gasteiger charge is 2.25. The number of benzene rings is 1. The van der Waals surface area contributed by atoms with Crippen molar-refractivity contribution in [2.24, 2.45) is 7.05 Å². The van der Waals surface area contributed by atoms with E-state index in [1.54, 1.807) is 27.0 Å². The first-order valence-corrected chi connectivity index (χ1v) is 8.23. The maximum atomic E-state index is 12.4. The average molecular weight is 320 g/mol. The number of para-hydroxylation sites is 2. The van der Waals surface area contributed by atoms with Crippen LogP contribution in [0.1, 0.15) is 24.6 Å². The molecule has 0 fully saturated rings. The maximum absolute atomic E-state index is 12.4. The molecule has 0 aliphatic rings. The molecule has 0 amide bonds. The molecule has 0 radical (unpaired) electrons. The van der Waals surface area contributed by atoms with Crippen molar-refractivity contribution in [3.63, 3.8) is 0 Å². The quantitative estimate of drug-likeness (QED) is 0.793. The van der Waals surface area contributed by atoms with Crippen LogP contribution >= 0.6 is 0 Å². The summed E-state index contributed by atoms with van der Waals surface area (Å²) in [4.78, 5) is 4.45. The molecule has 116 valence electrons. The second-order valence-corrected chi connectivity index (χ2v) is 6.76. The Bertz CT molecular complexity index is 894. The van der Waals surface area contributed by atoms with Crippen LogP contribution in [0.4, 0.5) is 0 Å². The number of nitrogens with one attached hydrogen (secondary N) is 1. The molecule has 0 aliphatic carbocycles. The number of hydrogen-bond acceptors (Lipinski definition) is 5. The molecule has 7 nitrogen and oxygen atoms in total. The highest BCUT2D eigenvalue weighted by Crippen LogP contribution is 2.22. The molecule has 1 unspecified atom stereocenters. The summed E-state index contributed by atoms with van der Waals surface area (Å²) >= 11 is 0. The highest BCUT2D eigenvalue weighted by atomic mass is 32.2. The first kappa shape index (κ1) is 14.7. The van der Waals surface area contributed by atoms with E-state index in [4.69, 9.17) is 4.42 Å².